The largest absolute Gasteiger partial charge is 0.462 e. The lowest BCUT2D eigenvalue weighted by Gasteiger charge is -2.09. The maximum atomic E-state index is 12.3. The van der Waals surface area contributed by atoms with Gasteiger partial charge < -0.3 is 14.8 Å². The molecule has 0 bridgehead atoms. The summed E-state index contributed by atoms with van der Waals surface area (Å²) in [5.74, 6) is -1.49. The van der Waals surface area contributed by atoms with E-state index < -0.39 is 24.5 Å². The first-order chi connectivity index (χ1) is 14.5. The first-order valence-electron chi connectivity index (χ1n) is 9.81. The fourth-order valence-electron chi connectivity index (χ4n) is 2.94. The molecule has 0 atom stereocenters. The number of Topliss-reactive ketones (excluding diaryl/α,β-unsaturated/α-hetero) is 1. The number of hydrogen-bond donors (Lipinski definition) is 1. The van der Waals surface area contributed by atoms with Crippen LogP contribution in [-0.2, 0) is 19.1 Å². The SMILES string of the molecule is CCOC(=O)c1c(C2CC2)csc1NC(=O)COC(=O)CCC(=O)c1ccccc1. The van der Waals surface area contributed by atoms with Crippen LogP contribution in [0, 0.1) is 0 Å². The van der Waals surface area contributed by atoms with Crippen LogP contribution in [0.1, 0.15) is 64.8 Å². The van der Waals surface area contributed by atoms with Crippen LogP contribution in [0.3, 0.4) is 0 Å². The Hall–Kier alpha value is -3.00. The Morgan fingerprint density at radius 2 is 1.80 bits per heavy atom. The first kappa shape index (κ1) is 21.7. The Morgan fingerprint density at radius 3 is 2.47 bits per heavy atom. The molecule has 1 amide bonds. The van der Waals surface area contributed by atoms with Gasteiger partial charge in [-0.25, -0.2) is 4.79 Å². The molecule has 2 aromatic rings. The number of carbonyl (C=O) groups is 4. The van der Waals surface area contributed by atoms with E-state index in [2.05, 4.69) is 5.32 Å². The summed E-state index contributed by atoms with van der Waals surface area (Å²) in [6.45, 7) is 1.48. The molecule has 30 heavy (non-hydrogen) atoms. The third-order valence-electron chi connectivity index (χ3n) is 4.59. The first-order valence-corrected chi connectivity index (χ1v) is 10.7. The van der Waals surface area contributed by atoms with Crippen LogP contribution in [0.25, 0.3) is 0 Å². The van der Waals surface area contributed by atoms with Crippen molar-refractivity contribution in [3.05, 3.63) is 52.4 Å². The topological polar surface area (TPSA) is 98.8 Å². The molecule has 0 radical (unpaired) electrons. The summed E-state index contributed by atoms with van der Waals surface area (Å²) in [5.41, 5.74) is 1.81. The van der Waals surface area contributed by atoms with Crippen molar-refractivity contribution >= 4 is 40.0 Å². The van der Waals surface area contributed by atoms with E-state index in [9.17, 15) is 19.2 Å². The Kier molecular flexibility index (Phi) is 7.35. The molecule has 0 saturated heterocycles. The van der Waals surface area contributed by atoms with Crippen molar-refractivity contribution in [2.75, 3.05) is 18.5 Å². The molecule has 1 aliphatic rings. The minimum absolute atomic E-state index is 0.00709. The van der Waals surface area contributed by atoms with E-state index in [-0.39, 0.29) is 25.2 Å². The van der Waals surface area contributed by atoms with Crippen LogP contribution in [0.5, 0.6) is 0 Å². The molecule has 1 fully saturated rings. The summed E-state index contributed by atoms with van der Waals surface area (Å²) in [6.07, 6.45) is 1.92. The minimum atomic E-state index is -0.634. The maximum absolute atomic E-state index is 12.3. The van der Waals surface area contributed by atoms with Crippen LogP contribution in [0.15, 0.2) is 35.7 Å². The molecular formula is C22H23NO6S. The van der Waals surface area contributed by atoms with Crippen LogP contribution >= 0.6 is 11.3 Å². The Balaban J connectivity index is 1.49. The van der Waals surface area contributed by atoms with Crippen molar-refractivity contribution in [1.82, 2.24) is 0 Å². The molecule has 0 aliphatic heterocycles. The lowest BCUT2D eigenvalue weighted by molar-refractivity contribution is -0.147. The van der Waals surface area contributed by atoms with Crippen molar-refractivity contribution < 1.29 is 28.7 Å². The van der Waals surface area contributed by atoms with Crippen LogP contribution in [-0.4, -0.2) is 36.8 Å². The number of amides is 1. The summed E-state index contributed by atoms with van der Waals surface area (Å²) in [7, 11) is 0. The minimum Gasteiger partial charge on any atom is -0.462 e. The number of carbonyl (C=O) groups excluding carboxylic acids is 4. The quantitative estimate of drug-likeness (QED) is 0.454. The number of thiophene rings is 1. The zero-order valence-corrected chi connectivity index (χ0v) is 17.5. The lowest BCUT2D eigenvalue weighted by atomic mass is 10.1. The predicted molar refractivity (Wildman–Crippen MR) is 112 cm³/mol. The van der Waals surface area contributed by atoms with E-state index in [4.69, 9.17) is 9.47 Å². The van der Waals surface area contributed by atoms with Crippen molar-refractivity contribution in [2.45, 2.75) is 38.5 Å². The van der Waals surface area contributed by atoms with Gasteiger partial charge in [-0.05, 0) is 36.6 Å². The monoisotopic (exact) mass is 429 g/mol. The van der Waals surface area contributed by atoms with E-state index in [0.29, 0.717) is 22.0 Å². The summed E-state index contributed by atoms with van der Waals surface area (Å²) >= 11 is 1.26. The zero-order chi connectivity index (χ0) is 21.5. The van der Waals surface area contributed by atoms with E-state index in [1.54, 1.807) is 37.3 Å². The van der Waals surface area contributed by atoms with Gasteiger partial charge >= 0.3 is 11.9 Å². The third kappa shape index (κ3) is 5.76. The smallest absolute Gasteiger partial charge is 0.341 e. The molecule has 1 saturated carbocycles. The predicted octanol–water partition coefficient (Wildman–Crippen LogP) is 3.95. The summed E-state index contributed by atoms with van der Waals surface area (Å²) in [5, 5.41) is 4.89. The van der Waals surface area contributed by atoms with Gasteiger partial charge in [0.2, 0.25) is 0 Å². The molecule has 1 aliphatic carbocycles. The lowest BCUT2D eigenvalue weighted by Crippen LogP contribution is -2.22. The van der Waals surface area contributed by atoms with Gasteiger partial charge in [-0.2, -0.15) is 0 Å². The van der Waals surface area contributed by atoms with E-state index in [1.807, 2.05) is 5.38 Å². The van der Waals surface area contributed by atoms with Gasteiger partial charge in [0.1, 0.15) is 5.00 Å². The average Bonchev–Trinajstić information content (AvgIpc) is 3.51. The number of ether oxygens (including phenoxy) is 2. The zero-order valence-electron chi connectivity index (χ0n) is 16.6. The van der Waals surface area contributed by atoms with Crippen LogP contribution < -0.4 is 5.32 Å². The standard InChI is InChI=1S/C22H23NO6S/c1-2-28-22(27)20-16(14-8-9-14)13-30-21(20)23-18(25)12-29-19(26)11-10-17(24)15-6-4-3-5-7-15/h3-7,13-14H,2,8-12H2,1H3,(H,23,25). The maximum Gasteiger partial charge on any atom is 0.341 e. The number of esters is 2. The van der Waals surface area contributed by atoms with E-state index >= 15 is 0 Å². The molecule has 7 nitrogen and oxygen atoms in total. The number of anilines is 1. The number of benzene rings is 1. The number of rotatable bonds is 10. The van der Waals surface area contributed by atoms with E-state index in [0.717, 1.165) is 18.4 Å². The molecule has 158 valence electrons. The molecule has 0 spiro atoms. The van der Waals surface area contributed by atoms with Crippen molar-refractivity contribution in [3.63, 3.8) is 0 Å². The highest BCUT2D eigenvalue weighted by Crippen LogP contribution is 2.46. The highest BCUT2D eigenvalue weighted by Gasteiger charge is 2.32. The molecule has 1 aromatic heterocycles. The summed E-state index contributed by atoms with van der Waals surface area (Å²) in [6, 6.07) is 8.66. The second-order valence-electron chi connectivity index (χ2n) is 6.89. The van der Waals surface area contributed by atoms with Gasteiger partial charge in [-0.3, -0.25) is 14.4 Å². The van der Waals surface area contributed by atoms with Gasteiger partial charge in [-0.1, -0.05) is 30.3 Å². The Morgan fingerprint density at radius 1 is 1.07 bits per heavy atom. The molecule has 1 aromatic carbocycles. The number of hydrogen-bond acceptors (Lipinski definition) is 7. The van der Waals surface area contributed by atoms with Gasteiger partial charge in [-0.15, -0.1) is 11.3 Å². The molecule has 3 rings (SSSR count). The molecule has 1 N–H and O–H groups in total. The van der Waals surface area contributed by atoms with Gasteiger partial charge in [0.15, 0.2) is 12.4 Å². The van der Waals surface area contributed by atoms with E-state index in [1.165, 1.54) is 11.3 Å². The van der Waals surface area contributed by atoms with Crippen molar-refractivity contribution in [1.29, 1.82) is 0 Å². The van der Waals surface area contributed by atoms with Crippen LogP contribution in [0.2, 0.25) is 0 Å². The normalized spacial score (nSPS) is 12.8. The number of nitrogens with one attached hydrogen (secondary N) is 1. The fourth-order valence-corrected chi connectivity index (χ4v) is 3.98. The Labute approximate surface area is 178 Å². The summed E-state index contributed by atoms with van der Waals surface area (Å²) in [4.78, 5) is 48.4. The Bertz CT molecular complexity index is 932. The van der Waals surface area contributed by atoms with Crippen LogP contribution in [0.4, 0.5) is 5.00 Å². The average molecular weight is 429 g/mol. The second kappa shape index (κ2) is 10.2. The van der Waals surface area contributed by atoms with Crippen molar-refractivity contribution in [2.24, 2.45) is 0 Å². The number of ketones is 1. The van der Waals surface area contributed by atoms with Crippen molar-refractivity contribution in [3.8, 4) is 0 Å². The molecule has 8 heteroatoms. The highest BCUT2D eigenvalue weighted by molar-refractivity contribution is 7.15. The van der Waals surface area contributed by atoms with Gasteiger partial charge in [0.25, 0.3) is 5.91 Å². The van der Waals surface area contributed by atoms with Gasteiger partial charge in [0.05, 0.1) is 18.6 Å². The third-order valence-corrected chi connectivity index (χ3v) is 5.50. The summed E-state index contributed by atoms with van der Waals surface area (Å²) < 4.78 is 10.1. The highest BCUT2D eigenvalue weighted by atomic mass is 32.1. The van der Waals surface area contributed by atoms with Gasteiger partial charge in [0, 0.05) is 12.0 Å². The molecule has 0 unspecified atom stereocenters. The molecular weight excluding hydrogens is 406 g/mol. The second-order valence-corrected chi connectivity index (χ2v) is 7.77. The fraction of sp³-hybridized carbons (Fsp3) is 0.364. The molecule has 1 heterocycles.